The van der Waals surface area contributed by atoms with E-state index in [9.17, 15) is 14.4 Å². The summed E-state index contributed by atoms with van der Waals surface area (Å²) in [7, 11) is 0. The van der Waals surface area contributed by atoms with E-state index >= 15 is 0 Å². The predicted molar refractivity (Wildman–Crippen MR) is 43.1 cm³/mol. The molecule has 72 valence electrons. The lowest BCUT2D eigenvalue weighted by Gasteiger charge is -2.21. The minimum Gasteiger partial charge on any atom is -0.480 e. The molecule has 5 heteroatoms. The first-order chi connectivity index (χ1) is 6.06. The van der Waals surface area contributed by atoms with Crippen molar-refractivity contribution in [1.29, 1.82) is 0 Å². The van der Waals surface area contributed by atoms with Crippen LogP contribution >= 0.6 is 0 Å². The Morgan fingerprint density at radius 2 is 2.23 bits per heavy atom. The lowest BCUT2D eigenvalue weighted by atomic mass is 10.2. The highest BCUT2D eigenvalue weighted by molar-refractivity contribution is 6.06. The Morgan fingerprint density at radius 1 is 1.62 bits per heavy atom. The van der Waals surface area contributed by atoms with E-state index in [1.165, 1.54) is 0 Å². The number of carboxylic acid groups (broad SMARTS) is 1. The number of Topliss-reactive ketones (excluding diaryl/α,β-unsaturated/α-hetero) is 1. The average molecular weight is 185 g/mol. The maximum absolute atomic E-state index is 11.1. The van der Waals surface area contributed by atoms with E-state index in [-0.39, 0.29) is 24.7 Å². The van der Waals surface area contributed by atoms with Crippen molar-refractivity contribution in [2.45, 2.75) is 25.8 Å². The minimum atomic E-state index is -1.05. The van der Waals surface area contributed by atoms with Gasteiger partial charge in [-0.1, -0.05) is 6.92 Å². The molecule has 0 radical (unpaired) electrons. The van der Waals surface area contributed by atoms with Crippen LogP contribution in [0, 0.1) is 0 Å². The van der Waals surface area contributed by atoms with Crippen LogP contribution in [0.2, 0.25) is 0 Å². The number of carbonyl (C=O) groups excluding carboxylic acids is 2. The Hall–Kier alpha value is -1.39. The zero-order chi connectivity index (χ0) is 10.0. The largest absolute Gasteiger partial charge is 0.480 e. The Morgan fingerprint density at radius 3 is 2.54 bits per heavy atom. The first-order valence-electron chi connectivity index (χ1n) is 4.10. The van der Waals surface area contributed by atoms with Crippen molar-refractivity contribution in [1.82, 2.24) is 4.90 Å². The molecule has 1 rings (SSSR count). The molecule has 1 saturated heterocycles. The fourth-order valence-electron chi connectivity index (χ4n) is 1.42. The van der Waals surface area contributed by atoms with Gasteiger partial charge in [0.15, 0.2) is 5.78 Å². The van der Waals surface area contributed by atoms with Gasteiger partial charge >= 0.3 is 5.97 Å². The van der Waals surface area contributed by atoms with Crippen molar-refractivity contribution < 1.29 is 19.5 Å². The molecule has 13 heavy (non-hydrogen) atoms. The third kappa shape index (κ3) is 1.85. The second kappa shape index (κ2) is 3.55. The zero-order valence-corrected chi connectivity index (χ0v) is 7.32. The number of likely N-dealkylation sites (tertiary alicyclic amines) is 1. The third-order valence-corrected chi connectivity index (χ3v) is 2.06. The smallest absolute Gasteiger partial charge is 0.326 e. The molecule has 1 aliphatic rings. The Labute approximate surface area is 75.3 Å². The second-order valence-corrected chi connectivity index (χ2v) is 3.00. The van der Waals surface area contributed by atoms with Gasteiger partial charge in [-0.3, -0.25) is 9.59 Å². The van der Waals surface area contributed by atoms with Crippen LogP contribution in [0.15, 0.2) is 0 Å². The van der Waals surface area contributed by atoms with Crippen molar-refractivity contribution in [3.05, 3.63) is 0 Å². The fraction of sp³-hybridized carbons (Fsp3) is 0.625. The van der Waals surface area contributed by atoms with E-state index in [1.54, 1.807) is 6.92 Å². The standard InChI is InChI=1S/C8H11NO4/c1-2-6(8(12)13)9-4-5(10)3-7(9)11/h6H,2-4H2,1H3,(H,12,13). The van der Waals surface area contributed by atoms with Crippen LogP contribution in [0.1, 0.15) is 19.8 Å². The molecule has 0 spiro atoms. The molecule has 0 aromatic rings. The Balaban J connectivity index is 2.75. The average Bonchev–Trinajstić information content (AvgIpc) is 2.31. The normalized spacial score (nSPS) is 19.3. The molecular formula is C8H11NO4. The SMILES string of the molecule is CCC(C(=O)O)N1CC(=O)CC1=O. The van der Waals surface area contributed by atoms with Gasteiger partial charge in [0.1, 0.15) is 6.04 Å². The van der Waals surface area contributed by atoms with Gasteiger partial charge < -0.3 is 10.0 Å². The summed E-state index contributed by atoms with van der Waals surface area (Å²) < 4.78 is 0. The van der Waals surface area contributed by atoms with Gasteiger partial charge in [-0.2, -0.15) is 0 Å². The zero-order valence-electron chi connectivity index (χ0n) is 7.32. The summed E-state index contributed by atoms with van der Waals surface area (Å²) >= 11 is 0. The summed E-state index contributed by atoms with van der Waals surface area (Å²) in [5, 5.41) is 8.73. The van der Waals surface area contributed by atoms with Crippen LogP contribution in [0.4, 0.5) is 0 Å². The van der Waals surface area contributed by atoms with E-state index in [4.69, 9.17) is 5.11 Å². The molecule has 1 N–H and O–H groups in total. The van der Waals surface area contributed by atoms with Crippen LogP contribution in [0.5, 0.6) is 0 Å². The van der Waals surface area contributed by atoms with Gasteiger partial charge in [0.05, 0.1) is 13.0 Å². The Kier molecular flexibility index (Phi) is 2.65. The number of aliphatic carboxylic acids is 1. The number of hydrogen-bond donors (Lipinski definition) is 1. The van der Waals surface area contributed by atoms with Crippen molar-refractivity contribution in [2.75, 3.05) is 6.54 Å². The van der Waals surface area contributed by atoms with Crippen molar-refractivity contribution in [2.24, 2.45) is 0 Å². The predicted octanol–water partition coefficient (Wildman–Crippen LogP) is -0.349. The molecule has 0 aromatic heterocycles. The molecule has 0 saturated carbocycles. The van der Waals surface area contributed by atoms with E-state index in [0.29, 0.717) is 6.42 Å². The first kappa shape index (κ1) is 9.70. The summed E-state index contributed by atoms with van der Waals surface area (Å²) in [5.41, 5.74) is 0. The molecule has 1 aliphatic heterocycles. The number of nitrogens with zero attached hydrogens (tertiary/aromatic N) is 1. The molecule has 5 nitrogen and oxygen atoms in total. The number of rotatable bonds is 3. The summed E-state index contributed by atoms with van der Waals surface area (Å²) in [5.74, 6) is -1.63. The van der Waals surface area contributed by atoms with Gasteiger partial charge in [-0.05, 0) is 6.42 Å². The fourth-order valence-corrected chi connectivity index (χ4v) is 1.42. The Bertz CT molecular complexity index is 261. The van der Waals surface area contributed by atoms with Crippen LogP contribution < -0.4 is 0 Å². The molecule has 0 aliphatic carbocycles. The van der Waals surface area contributed by atoms with E-state index in [0.717, 1.165) is 4.90 Å². The van der Waals surface area contributed by atoms with E-state index in [1.807, 2.05) is 0 Å². The first-order valence-corrected chi connectivity index (χ1v) is 4.10. The van der Waals surface area contributed by atoms with Gasteiger partial charge in [0.2, 0.25) is 5.91 Å². The quantitative estimate of drug-likeness (QED) is 0.610. The lowest BCUT2D eigenvalue weighted by Crippen LogP contribution is -2.41. The number of carboxylic acids is 1. The molecule has 1 unspecified atom stereocenters. The highest BCUT2D eigenvalue weighted by atomic mass is 16.4. The van der Waals surface area contributed by atoms with Gasteiger partial charge in [0, 0.05) is 0 Å². The minimum absolute atomic E-state index is 0.0519. The summed E-state index contributed by atoms with van der Waals surface area (Å²) in [4.78, 5) is 33.8. The monoisotopic (exact) mass is 185 g/mol. The van der Waals surface area contributed by atoms with Crippen molar-refractivity contribution >= 4 is 17.7 Å². The van der Waals surface area contributed by atoms with Crippen LogP contribution in [0.25, 0.3) is 0 Å². The highest BCUT2D eigenvalue weighted by Gasteiger charge is 2.35. The molecule has 1 heterocycles. The highest BCUT2D eigenvalue weighted by Crippen LogP contribution is 2.13. The number of ketones is 1. The van der Waals surface area contributed by atoms with Gasteiger partial charge in [-0.25, -0.2) is 4.79 Å². The van der Waals surface area contributed by atoms with Gasteiger partial charge in [0.25, 0.3) is 0 Å². The molecule has 1 atom stereocenters. The summed E-state index contributed by atoms with van der Waals surface area (Å²) in [6.07, 6.45) is 0.179. The van der Waals surface area contributed by atoms with Gasteiger partial charge in [-0.15, -0.1) is 0 Å². The number of hydrogen-bond acceptors (Lipinski definition) is 3. The lowest BCUT2D eigenvalue weighted by molar-refractivity contribution is -0.148. The van der Waals surface area contributed by atoms with Crippen molar-refractivity contribution in [3.63, 3.8) is 0 Å². The maximum atomic E-state index is 11.1. The second-order valence-electron chi connectivity index (χ2n) is 3.00. The summed E-state index contributed by atoms with van der Waals surface area (Å²) in [6, 6.07) is -0.848. The summed E-state index contributed by atoms with van der Waals surface area (Å²) in [6.45, 7) is 1.62. The molecular weight excluding hydrogens is 174 g/mol. The molecule has 1 fully saturated rings. The van der Waals surface area contributed by atoms with Crippen LogP contribution in [-0.2, 0) is 14.4 Å². The molecule has 0 aromatic carbocycles. The third-order valence-electron chi connectivity index (χ3n) is 2.06. The van der Waals surface area contributed by atoms with Crippen LogP contribution in [-0.4, -0.2) is 40.3 Å². The number of amides is 1. The number of carbonyl (C=O) groups is 3. The van der Waals surface area contributed by atoms with E-state index < -0.39 is 12.0 Å². The van der Waals surface area contributed by atoms with Crippen LogP contribution in [0.3, 0.4) is 0 Å². The maximum Gasteiger partial charge on any atom is 0.326 e. The topological polar surface area (TPSA) is 74.7 Å². The molecule has 1 amide bonds. The van der Waals surface area contributed by atoms with Crippen molar-refractivity contribution in [3.8, 4) is 0 Å². The molecule has 0 bridgehead atoms. The van der Waals surface area contributed by atoms with E-state index in [2.05, 4.69) is 0 Å².